The molecular formula is C13H14F3N3. The molecule has 19 heavy (non-hydrogen) atoms. The second kappa shape index (κ2) is 5.05. The van der Waals surface area contributed by atoms with Gasteiger partial charge in [-0.1, -0.05) is 18.2 Å². The van der Waals surface area contributed by atoms with E-state index in [2.05, 4.69) is 5.10 Å². The van der Waals surface area contributed by atoms with E-state index in [4.69, 9.17) is 5.73 Å². The second-order valence-electron chi connectivity index (χ2n) is 4.26. The number of rotatable bonds is 3. The normalized spacial score (nSPS) is 11.8. The summed E-state index contributed by atoms with van der Waals surface area (Å²) in [5.41, 5.74) is 6.51. The first-order chi connectivity index (χ1) is 8.93. The molecule has 3 nitrogen and oxygen atoms in total. The van der Waals surface area contributed by atoms with Gasteiger partial charge in [-0.2, -0.15) is 18.3 Å². The Morgan fingerprint density at radius 3 is 2.53 bits per heavy atom. The van der Waals surface area contributed by atoms with E-state index in [1.807, 2.05) is 19.1 Å². The van der Waals surface area contributed by atoms with Crippen molar-refractivity contribution in [1.29, 1.82) is 0 Å². The standard InChI is InChI=1S/C13H14F3N3/c1-9-4-2-3-5-11(9)19-10(6-7-17)8-12(18-19)13(14,15)16/h2-5,8H,6-7,17H2,1H3. The van der Waals surface area contributed by atoms with Crippen LogP contribution in [0.15, 0.2) is 30.3 Å². The van der Waals surface area contributed by atoms with E-state index in [-0.39, 0.29) is 6.54 Å². The Hall–Kier alpha value is -1.82. The third-order valence-corrected chi connectivity index (χ3v) is 2.82. The predicted octanol–water partition coefficient (Wildman–Crippen LogP) is 2.70. The van der Waals surface area contributed by atoms with Gasteiger partial charge in [0, 0.05) is 12.1 Å². The zero-order valence-corrected chi connectivity index (χ0v) is 10.4. The Labute approximate surface area is 108 Å². The van der Waals surface area contributed by atoms with E-state index in [0.717, 1.165) is 11.6 Å². The quantitative estimate of drug-likeness (QED) is 0.931. The van der Waals surface area contributed by atoms with Crippen molar-refractivity contribution in [2.45, 2.75) is 19.5 Å². The molecule has 0 unspecified atom stereocenters. The SMILES string of the molecule is Cc1ccccc1-n1nc(C(F)(F)F)cc1CCN. The van der Waals surface area contributed by atoms with E-state index in [0.29, 0.717) is 17.8 Å². The lowest BCUT2D eigenvalue weighted by molar-refractivity contribution is -0.141. The largest absolute Gasteiger partial charge is 0.435 e. The van der Waals surface area contributed by atoms with E-state index >= 15 is 0 Å². The lowest BCUT2D eigenvalue weighted by Gasteiger charge is -2.09. The van der Waals surface area contributed by atoms with Crippen molar-refractivity contribution < 1.29 is 13.2 Å². The second-order valence-corrected chi connectivity index (χ2v) is 4.26. The highest BCUT2D eigenvalue weighted by atomic mass is 19.4. The summed E-state index contributed by atoms with van der Waals surface area (Å²) in [6.07, 6.45) is -4.10. The summed E-state index contributed by atoms with van der Waals surface area (Å²) in [5, 5.41) is 3.67. The molecule has 0 radical (unpaired) electrons. The maximum atomic E-state index is 12.7. The van der Waals surface area contributed by atoms with E-state index < -0.39 is 11.9 Å². The third kappa shape index (κ3) is 2.78. The molecule has 0 aliphatic heterocycles. The number of alkyl halides is 3. The number of benzene rings is 1. The average molecular weight is 269 g/mol. The van der Waals surface area contributed by atoms with Crippen molar-refractivity contribution in [2.75, 3.05) is 6.54 Å². The van der Waals surface area contributed by atoms with Crippen LogP contribution >= 0.6 is 0 Å². The summed E-state index contributed by atoms with van der Waals surface area (Å²) in [6, 6.07) is 8.22. The molecule has 0 atom stereocenters. The molecular weight excluding hydrogens is 255 g/mol. The van der Waals surface area contributed by atoms with Crippen LogP contribution in [-0.2, 0) is 12.6 Å². The minimum Gasteiger partial charge on any atom is -0.330 e. The van der Waals surface area contributed by atoms with Crippen LogP contribution in [0.2, 0.25) is 0 Å². The third-order valence-electron chi connectivity index (χ3n) is 2.82. The molecule has 0 aliphatic rings. The van der Waals surface area contributed by atoms with E-state index in [9.17, 15) is 13.2 Å². The maximum absolute atomic E-state index is 12.7. The van der Waals surface area contributed by atoms with Crippen LogP contribution in [0.3, 0.4) is 0 Å². The van der Waals surface area contributed by atoms with Crippen LogP contribution < -0.4 is 5.73 Å². The Morgan fingerprint density at radius 1 is 1.26 bits per heavy atom. The highest BCUT2D eigenvalue weighted by Crippen LogP contribution is 2.30. The van der Waals surface area contributed by atoms with Crippen molar-refractivity contribution >= 4 is 0 Å². The molecule has 0 aliphatic carbocycles. The number of nitrogens with zero attached hydrogens (tertiary/aromatic N) is 2. The molecule has 0 saturated carbocycles. The summed E-state index contributed by atoms with van der Waals surface area (Å²) in [4.78, 5) is 0. The summed E-state index contributed by atoms with van der Waals surface area (Å²) >= 11 is 0. The van der Waals surface area contributed by atoms with Gasteiger partial charge >= 0.3 is 6.18 Å². The van der Waals surface area contributed by atoms with Crippen LogP contribution in [0.25, 0.3) is 5.69 Å². The first-order valence-electron chi connectivity index (χ1n) is 5.85. The van der Waals surface area contributed by atoms with Gasteiger partial charge in [0.2, 0.25) is 0 Å². The number of para-hydroxylation sites is 1. The molecule has 0 fully saturated rings. The van der Waals surface area contributed by atoms with Gasteiger partial charge in [0.05, 0.1) is 5.69 Å². The van der Waals surface area contributed by atoms with Gasteiger partial charge in [-0.3, -0.25) is 0 Å². The zero-order chi connectivity index (χ0) is 14.0. The van der Waals surface area contributed by atoms with Gasteiger partial charge < -0.3 is 5.73 Å². The number of hydrogen-bond acceptors (Lipinski definition) is 2. The monoisotopic (exact) mass is 269 g/mol. The molecule has 102 valence electrons. The lowest BCUT2D eigenvalue weighted by atomic mass is 10.2. The summed E-state index contributed by atoms with van der Waals surface area (Å²) < 4.78 is 39.5. The number of hydrogen-bond donors (Lipinski definition) is 1. The molecule has 6 heteroatoms. The molecule has 0 amide bonds. The smallest absolute Gasteiger partial charge is 0.330 e. The first kappa shape index (κ1) is 13.6. The first-order valence-corrected chi connectivity index (χ1v) is 5.85. The molecule has 2 N–H and O–H groups in total. The molecule has 1 aromatic heterocycles. The van der Waals surface area contributed by atoms with Gasteiger partial charge in [0.15, 0.2) is 5.69 Å². The number of nitrogens with two attached hydrogens (primary N) is 1. The van der Waals surface area contributed by atoms with Crippen molar-refractivity contribution in [2.24, 2.45) is 5.73 Å². The van der Waals surface area contributed by atoms with Gasteiger partial charge in [-0.15, -0.1) is 0 Å². The van der Waals surface area contributed by atoms with Crippen molar-refractivity contribution in [3.8, 4) is 5.69 Å². The van der Waals surface area contributed by atoms with Crippen LogP contribution in [0.5, 0.6) is 0 Å². The van der Waals surface area contributed by atoms with Crippen molar-refractivity contribution in [1.82, 2.24) is 9.78 Å². The van der Waals surface area contributed by atoms with Crippen LogP contribution in [0.1, 0.15) is 17.0 Å². The van der Waals surface area contributed by atoms with Gasteiger partial charge in [0.1, 0.15) is 0 Å². The highest BCUT2D eigenvalue weighted by Gasteiger charge is 2.35. The topological polar surface area (TPSA) is 43.8 Å². The van der Waals surface area contributed by atoms with Crippen LogP contribution in [0.4, 0.5) is 13.2 Å². The number of aryl methyl sites for hydroxylation is 1. The number of halogens is 3. The summed E-state index contributed by atoms with van der Waals surface area (Å²) in [6.45, 7) is 2.10. The molecule has 1 heterocycles. The molecule has 0 spiro atoms. The lowest BCUT2D eigenvalue weighted by Crippen LogP contribution is -2.10. The maximum Gasteiger partial charge on any atom is 0.435 e. The van der Waals surface area contributed by atoms with Crippen LogP contribution in [-0.4, -0.2) is 16.3 Å². The molecule has 2 aromatic rings. The van der Waals surface area contributed by atoms with Gasteiger partial charge in [0.25, 0.3) is 0 Å². The Morgan fingerprint density at radius 2 is 1.95 bits per heavy atom. The molecule has 0 bridgehead atoms. The summed E-state index contributed by atoms with van der Waals surface area (Å²) in [7, 11) is 0. The fourth-order valence-corrected chi connectivity index (χ4v) is 1.89. The molecule has 2 rings (SSSR count). The Kier molecular flexibility index (Phi) is 3.61. The predicted molar refractivity (Wildman–Crippen MR) is 66.1 cm³/mol. The van der Waals surface area contributed by atoms with E-state index in [1.54, 1.807) is 12.1 Å². The van der Waals surface area contributed by atoms with E-state index in [1.165, 1.54) is 4.68 Å². The number of aromatic nitrogens is 2. The minimum absolute atomic E-state index is 0.273. The fraction of sp³-hybridized carbons (Fsp3) is 0.308. The highest BCUT2D eigenvalue weighted by molar-refractivity contribution is 5.41. The minimum atomic E-state index is -4.45. The fourth-order valence-electron chi connectivity index (χ4n) is 1.89. The van der Waals surface area contributed by atoms with Crippen LogP contribution in [0, 0.1) is 6.92 Å². The van der Waals surface area contributed by atoms with Crippen molar-refractivity contribution in [3.05, 3.63) is 47.3 Å². The van der Waals surface area contributed by atoms with Crippen molar-refractivity contribution in [3.63, 3.8) is 0 Å². The zero-order valence-electron chi connectivity index (χ0n) is 10.4. The Balaban J connectivity index is 2.56. The molecule has 1 aromatic carbocycles. The summed E-state index contributed by atoms with van der Waals surface area (Å²) in [5.74, 6) is 0. The average Bonchev–Trinajstić information content (AvgIpc) is 2.74. The molecule has 0 saturated heterocycles. The van der Waals surface area contributed by atoms with Gasteiger partial charge in [-0.25, -0.2) is 4.68 Å². The van der Waals surface area contributed by atoms with Gasteiger partial charge in [-0.05, 0) is 31.2 Å². The Bertz CT molecular complexity index is 573.